The maximum Gasteiger partial charge on any atom is 0.145 e. The van der Waals surface area contributed by atoms with Crippen LogP contribution in [-0.4, -0.2) is 29.9 Å². The summed E-state index contributed by atoms with van der Waals surface area (Å²) in [4.78, 5) is 27.1. The highest BCUT2D eigenvalue weighted by Gasteiger charge is 2.11. The van der Waals surface area contributed by atoms with Crippen LogP contribution in [0.4, 0.5) is 0 Å². The van der Waals surface area contributed by atoms with Gasteiger partial charge in [0.25, 0.3) is 0 Å². The Morgan fingerprint density at radius 3 is 0.750 bits per heavy atom. The molecule has 0 aliphatic carbocycles. The van der Waals surface area contributed by atoms with Gasteiger partial charge in [0.15, 0.2) is 0 Å². The lowest BCUT2D eigenvalue weighted by Crippen LogP contribution is -1.94. The minimum Gasteiger partial charge on any atom is -0.455 e. The summed E-state index contributed by atoms with van der Waals surface area (Å²) < 4.78 is 18.7. The number of pyridine rings is 6. The van der Waals surface area contributed by atoms with Crippen molar-refractivity contribution in [3.63, 3.8) is 0 Å². The molecule has 0 saturated heterocycles. The highest BCUT2D eigenvalue weighted by Crippen LogP contribution is 2.36. The highest BCUT2D eigenvalue weighted by atomic mass is 16.5. The summed E-state index contributed by atoms with van der Waals surface area (Å²) in [7, 11) is 0. The Morgan fingerprint density at radius 2 is 0.542 bits per heavy atom. The van der Waals surface area contributed by atoms with Crippen molar-refractivity contribution in [1.29, 1.82) is 0 Å². The second-order valence-corrected chi connectivity index (χ2v) is 11.2. The fourth-order valence-corrected chi connectivity index (χ4v) is 4.77. The molecule has 0 aliphatic heterocycles. The summed E-state index contributed by atoms with van der Waals surface area (Å²) >= 11 is 0. The number of hydrogen-bond acceptors (Lipinski definition) is 9. The lowest BCUT2D eigenvalue weighted by molar-refractivity contribution is 0.438. The van der Waals surface area contributed by atoms with Gasteiger partial charge in [0, 0.05) is 36.8 Å². The Labute approximate surface area is 278 Å². The summed E-state index contributed by atoms with van der Waals surface area (Å²) in [6.45, 7) is 6.00. The summed E-state index contributed by atoms with van der Waals surface area (Å²) in [5.74, 6) is 3.11. The second-order valence-electron chi connectivity index (χ2n) is 11.2. The lowest BCUT2D eigenvalue weighted by atomic mass is 10.2. The van der Waals surface area contributed by atoms with E-state index in [0.29, 0.717) is 34.5 Å². The van der Waals surface area contributed by atoms with E-state index in [0.717, 1.165) is 50.9 Å². The summed E-state index contributed by atoms with van der Waals surface area (Å²) in [6.07, 6.45) is 10.4. The number of ether oxygens (including phenoxy) is 3. The van der Waals surface area contributed by atoms with Gasteiger partial charge in [-0.15, -0.1) is 0 Å². The van der Waals surface area contributed by atoms with E-state index in [4.69, 9.17) is 14.2 Å². The van der Waals surface area contributed by atoms with Crippen LogP contribution >= 0.6 is 0 Å². The zero-order valence-corrected chi connectivity index (χ0v) is 26.5. The van der Waals surface area contributed by atoms with Crippen LogP contribution in [0, 0.1) is 20.8 Å². The van der Waals surface area contributed by atoms with Gasteiger partial charge < -0.3 is 14.2 Å². The Hall–Kier alpha value is -6.48. The fraction of sp³-hybridized carbons (Fsp3) is 0.0769. The van der Waals surface area contributed by atoms with Crippen LogP contribution in [-0.2, 0) is 0 Å². The third kappa shape index (κ3) is 7.32. The number of hydrogen-bond donors (Lipinski definition) is 0. The van der Waals surface area contributed by atoms with E-state index < -0.39 is 0 Å². The molecule has 48 heavy (non-hydrogen) atoms. The van der Waals surface area contributed by atoms with Crippen LogP contribution in [0.1, 0.15) is 16.7 Å². The van der Waals surface area contributed by atoms with Gasteiger partial charge in [0.1, 0.15) is 34.5 Å². The summed E-state index contributed by atoms with van der Waals surface area (Å²) in [5.41, 5.74) is 7.86. The monoisotopic (exact) mass is 630 g/mol. The van der Waals surface area contributed by atoms with Gasteiger partial charge in [-0.2, -0.15) is 0 Å². The Balaban J connectivity index is 1.14. The smallest absolute Gasteiger partial charge is 0.145 e. The molecule has 7 aromatic rings. The van der Waals surface area contributed by atoms with Crippen molar-refractivity contribution < 1.29 is 14.2 Å². The molecule has 0 unspecified atom stereocenters. The predicted molar refractivity (Wildman–Crippen MR) is 183 cm³/mol. The molecule has 234 valence electrons. The quantitative estimate of drug-likeness (QED) is 0.154. The van der Waals surface area contributed by atoms with Crippen molar-refractivity contribution in [2.45, 2.75) is 20.8 Å². The fourth-order valence-electron chi connectivity index (χ4n) is 4.77. The molecular weight excluding hydrogens is 600 g/mol. The van der Waals surface area contributed by atoms with E-state index in [1.807, 2.05) is 112 Å². The van der Waals surface area contributed by atoms with Crippen molar-refractivity contribution in [1.82, 2.24) is 29.9 Å². The molecule has 0 fully saturated rings. The van der Waals surface area contributed by atoms with Crippen molar-refractivity contribution in [3.05, 3.63) is 145 Å². The first-order valence-electron chi connectivity index (χ1n) is 15.3. The molecule has 6 heterocycles. The zero-order valence-electron chi connectivity index (χ0n) is 26.5. The van der Waals surface area contributed by atoms with Crippen LogP contribution in [0.5, 0.6) is 34.5 Å². The van der Waals surface area contributed by atoms with E-state index in [9.17, 15) is 0 Å². The summed E-state index contributed by atoms with van der Waals surface area (Å²) in [6, 6.07) is 28.4. The first-order valence-corrected chi connectivity index (χ1v) is 15.3. The van der Waals surface area contributed by atoms with E-state index in [-0.39, 0.29) is 0 Å². The number of nitrogens with zero attached hydrogens (tertiary/aromatic N) is 6. The van der Waals surface area contributed by atoms with Gasteiger partial charge in [0.2, 0.25) is 0 Å². The maximum atomic E-state index is 6.23. The molecule has 7 rings (SSSR count). The first-order chi connectivity index (χ1) is 23.4. The first kappa shape index (κ1) is 30.2. The van der Waals surface area contributed by atoms with E-state index in [2.05, 4.69) is 29.9 Å². The molecular formula is C39H30N6O3. The SMILES string of the molecule is Cc1ccc(-c2ccc(Oc3cc(Oc4ccc(-c5ccc(C)cn5)nc4)cc(Oc4ccc(-c5ccc(C)cn5)nc4)c3)cn2)nc1. The largest absolute Gasteiger partial charge is 0.455 e. The molecule has 0 radical (unpaired) electrons. The average Bonchev–Trinajstić information content (AvgIpc) is 3.10. The number of benzene rings is 1. The predicted octanol–water partition coefficient (Wildman–Crippen LogP) is 9.36. The second kappa shape index (κ2) is 13.5. The van der Waals surface area contributed by atoms with Crippen LogP contribution in [0.3, 0.4) is 0 Å². The van der Waals surface area contributed by atoms with Gasteiger partial charge in [-0.25, -0.2) is 0 Å². The van der Waals surface area contributed by atoms with Crippen LogP contribution in [0.15, 0.2) is 128 Å². The number of aryl methyl sites for hydroxylation is 3. The van der Waals surface area contributed by atoms with E-state index in [1.165, 1.54) is 0 Å². The van der Waals surface area contributed by atoms with Crippen LogP contribution in [0.2, 0.25) is 0 Å². The Bertz CT molecular complexity index is 1870. The van der Waals surface area contributed by atoms with E-state index in [1.54, 1.807) is 36.8 Å². The number of aromatic nitrogens is 6. The molecule has 0 aliphatic rings. The molecule has 0 spiro atoms. The molecule has 0 saturated carbocycles. The van der Waals surface area contributed by atoms with Crippen LogP contribution in [0.25, 0.3) is 34.2 Å². The third-order valence-corrected chi connectivity index (χ3v) is 7.29. The van der Waals surface area contributed by atoms with Gasteiger partial charge in [-0.1, -0.05) is 18.2 Å². The normalized spacial score (nSPS) is 10.8. The molecule has 6 aromatic heterocycles. The molecule has 1 aromatic carbocycles. The van der Waals surface area contributed by atoms with Crippen molar-refractivity contribution in [2.75, 3.05) is 0 Å². The van der Waals surface area contributed by atoms with E-state index >= 15 is 0 Å². The van der Waals surface area contributed by atoms with Crippen molar-refractivity contribution in [3.8, 4) is 68.7 Å². The standard InChI is InChI=1S/C39H30N6O3/c1-25-4-10-34(40-19-25)37-13-7-28(22-43-37)46-31-16-32(47-29-8-14-38(44-23-29)35-11-5-26(2)20-41-35)18-33(17-31)48-30-9-15-39(45-24-30)36-12-6-27(3)21-42-36/h4-24H,1-3H3. The minimum atomic E-state index is 0.493. The summed E-state index contributed by atoms with van der Waals surface area (Å²) in [5, 5.41) is 0. The zero-order chi connectivity index (χ0) is 32.9. The minimum absolute atomic E-state index is 0.493. The van der Waals surface area contributed by atoms with Crippen LogP contribution < -0.4 is 14.2 Å². The molecule has 0 amide bonds. The Morgan fingerprint density at radius 1 is 0.292 bits per heavy atom. The lowest BCUT2D eigenvalue weighted by Gasteiger charge is -2.13. The van der Waals surface area contributed by atoms with Gasteiger partial charge in [0.05, 0.1) is 52.8 Å². The van der Waals surface area contributed by atoms with Crippen molar-refractivity contribution >= 4 is 0 Å². The molecule has 0 atom stereocenters. The molecule has 9 nitrogen and oxygen atoms in total. The van der Waals surface area contributed by atoms with Gasteiger partial charge in [-0.3, -0.25) is 29.9 Å². The number of rotatable bonds is 9. The average molecular weight is 631 g/mol. The molecule has 0 N–H and O–H groups in total. The van der Waals surface area contributed by atoms with Crippen molar-refractivity contribution in [2.24, 2.45) is 0 Å². The Kier molecular flexibility index (Phi) is 8.48. The molecule has 0 bridgehead atoms. The third-order valence-electron chi connectivity index (χ3n) is 7.29. The molecule has 9 heteroatoms. The highest BCUT2D eigenvalue weighted by molar-refractivity contribution is 5.57. The maximum absolute atomic E-state index is 6.23. The topological polar surface area (TPSA) is 105 Å². The van der Waals surface area contributed by atoms with Gasteiger partial charge >= 0.3 is 0 Å². The van der Waals surface area contributed by atoms with Gasteiger partial charge in [-0.05, 0) is 92.1 Å².